The molecule has 7 heteroatoms. The number of rotatable bonds is 5. The Kier molecular flexibility index (Phi) is 6.38. The Balaban J connectivity index is 1.37. The van der Waals surface area contributed by atoms with Gasteiger partial charge in [0.2, 0.25) is 11.9 Å². The first-order valence-corrected chi connectivity index (χ1v) is 10.7. The highest BCUT2D eigenvalue weighted by atomic mass is 79.9. The Morgan fingerprint density at radius 3 is 2.63 bits per heavy atom. The average Bonchev–Trinajstić information content (AvgIpc) is 2.79. The van der Waals surface area contributed by atoms with E-state index in [0.717, 1.165) is 40.5 Å². The zero-order valence-corrected chi connectivity index (χ0v) is 18.0. The molecule has 1 fully saturated rings. The number of nitrogens with one attached hydrogen (secondary N) is 1. The quantitative estimate of drug-likeness (QED) is 0.595. The fourth-order valence-corrected chi connectivity index (χ4v) is 3.87. The van der Waals surface area contributed by atoms with Gasteiger partial charge in [-0.2, -0.15) is 0 Å². The summed E-state index contributed by atoms with van der Waals surface area (Å²) in [5.74, 6) is 0.268. The normalized spacial score (nSPS) is 16.3. The minimum absolute atomic E-state index is 0.0546. The first kappa shape index (κ1) is 20.5. The van der Waals surface area contributed by atoms with Crippen molar-refractivity contribution in [3.05, 3.63) is 76.8 Å². The predicted octanol–water partition coefficient (Wildman–Crippen LogP) is 4.58. The third-order valence-corrected chi connectivity index (χ3v) is 5.78. The summed E-state index contributed by atoms with van der Waals surface area (Å²) in [5, 5.41) is 3.04. The lowest BCUT2D eigenvalue weighted by Gasteiger charge is -2.32. The maximum atomic E-state index is 13.4. The van der Waals surface area contributed by atoms with Crippen molar-refractivity contribution in [2.45, 2.75) is 19.4 Å². The van der Waals surface area contributed by atoms with E-state index < -0.39 is 0 Å². The second-order valence-corrected chi connectivity index (χ2v) is 8.33. The molecule has 3 aromatic rings. The summed E-state index contributed by atoms with van der Waals surface area (Å²) in [6, 6.07) is 14.3. The summed E-state index contributed by atoms with van der Waals surface area (Å²) in [4.78, 5) is 23.6. The van der Waals surface area contributed by atoms with E-state index >= 15 is 0 Å². The number of hydrogen-bond acceptors (Lipinski definition) is 4. The van der Waals surface area contributed by atoms with Crippen molar-refractivity contribution in [2.75, 3.05) is 18.0 Å². The van der Waals surface area contributed by atoms with Crippen molar-refractivity contribution in [1.29, 1.82) is 0 Å². The van der Waals surface area contributed by atoms with Gasteiger partial charge in [0.15, 0.2) is 0 Å². The topological polar surface area (TPSA) is 58.1 Å². The maximum Gasteiger partial charge on any atom is 0.225 e. The molecule has 5 nitrogen and oxygen atoms in total. The number of piperidine rings is 1. The Morgan fingerprint density at radius 2 is 1.90 bits per heavy atom. The number of amides is 1. The van der Waals surface area contributed by atoms with Crippen molar-refractivity contribution in [2.24, 2.45) is 5.92 Å². The number of carbonyl (C=O) groups excluding carboxylic acids is 1. The highest BCUT2D eigenvalue weighted by Crippen LogP contribution is 2.23. The molecule has 0 unspecified atom stereocenters. The van der Waals surface area contributed by atoms with Crippen LogP contribution >= 0.6 is 15.9 Å². The minimum Gasteiger partial charge on any atom is -0.352 e. The molecule has 0 aliphatic carbocycles. The van der Waals surface area contributed by atoms with Crippen LogP contribution in [0.2, 0.25) is 0 Å². The van der Waals surface area contributed by atoms with Crippen LogP contribution in [0.5, 0.6) is 0 Å². The lowest BCUT2D eigenvalue weighted by molar-refractivity contribution is -0.125. The van der Waals surface area contributed by atoms with Crippen LogP contribution in [0.25, 0.3) is 11.1 Å². The summed E-state index contributed by atoms with van der Waals surface area (Å²) in [5.41, 5.74) is 2.57. The van der Waals surface area contributed by atoms with Crippen molar-refractivity contribution in [3.8, 4) is 11.1 Å². The average molecular weight is 469 g/mol. The van der Waals surface area contributed by atoms with Crippen LogP contribution in [0.1, 0.15) is 18.4 Å². The van der Waals surface area contributed by atoms with Crippen LogP contribution in [0, 0.1) is 11.7 Å². The third-order valence-electron chi connectivity index (χ3n) is 5.25. The second kappa shape index (κ2) is 9.34. The van der Waals surface area contributed by atoms with Crippen molar-refractivity contribution >= 4 is 27.8 Å². The predicted molar refractivity (Wildman–Crippen MR) is 118 cm³/mol. The Bertz CT molecular complexity index is 1010. The molecule has 30 heavy (non-hydrogen) atoms. The number of hydrogen-bond donors (Lipinski definition) is 1. The molecule has 1 atom stereocenters. The lowest BCUT2D eigenvalue weighted by Crippen LogP contribution is -2.43. The Hall–Kier alpha value is -2.80. The lowest BCUT2D eigenvalue weighted by atomic mass is 9.97. The molecule has 1 N–H and O–H groups in total. The van der Waals surface area contributed by atoms with E-state index in [-0.39, 0.29) is 17.6 Å². The molecule has 2 aromatic carbocycles. The largest absolute Gasteiger partial charge is 0.352 e. The Morgan fingerprint density at radius 1 is 1.13 bits per heavy atom. The molecule has 1 amide bonds. The van der Waals surface area contributed by atoms with E-state index in [2.05, 4.69) is 31.2 Å². The van der Waals surface area contributed by atoms with Gasteiger partial charge in [0.05, 0.1) is 5.92 Å². The van der Waals surface area contributed by atoms with Gasteiger partial charge in [-0.25, -0.2) is 14.4 Å². The molecule has 0 bridgehead atoms. The van der Waals surface area contributed by atoms with Gasteiger partial charge < -0.3 is 10.2 Å². The molecule has 2 heterocycles. The molecule has 1 aliphatic heterocycles. The number of halogens is 2. The zero-order chi connectivity index (χ0) is 20.9. The number of aromatic nitrogens is 2. The summed E-state index contributed by atoms with van der Waals surface area (Å²) in [7, 11) is 0. The molecular formula is C23H22BrFN4O. The van der Waals surface area contributed by atoms with E-state index in [9.17, 15) is 9.18 Å². The van der Waals surface area contributed by atoms with Gasteiger partial charge >= 0.3 is 0 Å². The van der Waals surface area contributed by atoms with Gasteiger partial charge in [0.1, 0.15) is 5.82 Å². The van der Waals surface area contributed by atoms with Crippen LogP contribution in [0.3, 0.4) is 0 Å². The Labute approximate surface area is 183 Å². The van der Waals surface area contributed by atoms with Crippen LogP contribution < -0.4 is 10.2 Å². The molecule has 4 rings (SSSR count). The second-order valence-electron chi connectivity index (χ2n) is 7.41. The number of nitrogens with zero attached hydrogens (tertiary/aromatic N) is 3. The van der Waals surface area contributed by atoms with Crippen molar-refractivity contribution in [1.82, 2.24) is 15.3 Å². The number of carbonyl (C=O) groups is 1. The number of benzene rings is 2. The fourth-order valence-electron chi connectivity index (χ4n) is 3.61. The summed E-state index contributed by atoms with van der Waals surface area (Å²) >= 11 is 3.42. The van der Waals surface area contributed by atoms with Crippen LogP contribution in [0.15, 0.2) is 65.4 Å². The van der Waals surface area contributed by atoms with E-state index in [0.29, 0.717) is 19.0 Å². The molecule has 0 spiro atoms. The van der Waals surface area contributed by atoms with Crippen molar-refractivity contribution in [3.63, 3.8) is 0 Å². The van der Waals surface area contributed by atoms with Crippen LogP contribution in [0.4, 0.5) is 10.3 Å². The van der Waals surface area contributed by atoms with E-state index in [1.165, 1.54) is 12.1 Å². The molecular weight excluding hydrogens is 447 g/mol. The molecule has 0 radical (unpaired) electrons. The van der Waals surface area contributed by atoms with Crippen molar-refractivity contribution < 1.29 is 9.18 Å². The van der Waals surface area contributed by atoms with Gasteiger partial charge in [-0.1, -0.05) is 40.2 Å². The van der Waals surface area contributed by atoms with Gasteiger partial charge in [-0.3, -0.25) is 4.79 Å². The van der Waals surface area contributed by atoms with E-state index in [4.69, 9.17) is 0 Å². The van der Waals surface area contributed by atoms with Crippen LogP contribution in [-0.4, -0.2) is 29.0 Å². The fraction of sp³-hybridized carbons (Fsp3) is 0.261. The summed E-state index contributed by atoms with van der Waals surface area (Å²) in [6.45, 7) is 1.92. The van der Waals surface area contributed by atoms with E-state index in [1.807, 2.05) is 35.2 Å². The highest BCUT2D eigenvalue weighted by molar-refractivity contribution is 9.10. The van der Waals surface area contributed by atoms with Gasteiger partial charge in [0, 0.05) is 42.1 Å². The molecule has 0 saturated carbocycles. The summed E-state index contributed by atoms with van der Waals surface area (Å²) in [6.07, 6.45) is 5.16. The summed E-state index contributed by atoms with van der Waals surface area (Å²) < 4.78 is 14.5. The van der Waals surface area contributed by atoms with Gasteiger partial charge in [-0.05, 0) is 48.2 Å². The van der Waals surface area contributed by atoms with Gasteiger partial charge in [-0.15, -0.1) is 0 Å². The first-order valence-electron chi connectivity index (χ1n) is 9.93. The maximum absolute atomic E-state index is 13.4. The molecule has 1 aliphatic rings. The number of anilines is 1. The standard InChI is InChI=1S/C23H22BrFN4O/c24-20-8-6-16(7-9-20)12-26-22(30)18-4-2-10-29(15-18)23-27-13-19(14-28-23)17-3-1-5-21(25)11-17/h1,3,5-9,11,13-14,18H,2,4,10,12,15H2,(H,26,30)/t18-/m1/s1. The smallest absolute Gasteiger partial charge is 0.225 e. The molecule has 1 aromatic heterocycles. The molecule has 154 valence electrons. The monoisotopic (exact) mass is 468 g/mol. The SMILES string of the molecule is O=C(NCc1ccc(Br)cc1)[C@@H]1CCCN(c2ncc(-c3cccc(F)c3)cn2)C1. The first-order chi connectivity index (χ1) is 14.6. The molecule has 1 saturated heterocycles. The minimum atomic E-state index is -0.287. The third kappa shape index (κ3) is 5.02. The highest BCUT2D eigenvalue weighted by Gasteiger charge is 2.27. The van der Waals surface area contributed by atoms with Crippen LogP contribution in [-0.2, 0) is 11.3 Å². The zero-order valence-electron chi connectivity index (χ0n) is 16.4. The van der Waals surface area contributed by atoms with E-state index in [1.54, 1.807) is 18.5 Å². The van der Waals surface area contributed by atoms with Gasteiger partial charge in [0.25, 0.3) is 0 Å².